The Kier molecular flexibility index (Phi) is 7.23. The molecule has 0 spiro atoms. The summed E-state index contributed by atoms with van der Waals surface area (Å²) in [6, 6.07) is 15.6. The van der Waals surface area contributed by atoms with Crippen molar-refractivity contribution in [3.63, 3.8) is 0 Å². The van der Waals surface area contributed by atoms with E-state index in [4.69, 9.17) is 0 Å². The predicted molar refractivity (Wildman–Crippen MR) is 108 cm³/mol. The number of hydrazine groups is 1. The van der Waals surface area contributed by atoms with Gasteiger partial charge in [0.05, 0.1) is 6.42 Å². The minimum absolute atomic E-state index is 0.222. The van der Waals surface area contributed by atoms with E-state index < -0.39 is 0 Å². The number of nitrogens with one attached hydrogen (secondary N) is 2. The lowest BCUT2D eigenvalue weighted by Crippen LogP contribution is -2.31. The number of carbonyl (C=O) groups excluding carboxylic acids is 1. The molecule has 1 aliphatic rings. The Hall–Kier alpha value is -1.69. The highest BCUT2D eigenvalue weighted by Gasteiger charge is 2.24. The van der Waals surface area contributed by atoms with E-state index in [0.717, 1.165) is 24.3 Å². The van der Waals surface area contributed by atoms with Crippen molar-refractivity contribution in [1.82, 2.24) is 15.8 Å². The molecule has 2 heterocycles. The first-order chi connectivity index (χ1) is 12.7. The average molecular weight is 372 g/mol. The Bertz CT molecular complexity index is 659. The maximum absolute atomic E-state index is 12.2. The van der Waals surface area contributed by atoms with Gasteiger partial charge >= 0.3 is 0 Å². The summed E-state index contributed by atoms with van der Waals surface area (Å²) in [6.07, 6.45) is 6.31. The predicted octanol–water partition coefficient (Wildman–Crippen LogP) is 3.92. The average Bonchev–Trinajstić information content (AvgIpc) is 3.34. The molecule has 1 amide bonds. The van der Waals surface area contributed by atoms with Gasteiger partial charge in [-0.05, 0) is 36.3 Å². The molecule has 140 valence electrons. The van der Waals surface area contributed by atoms with E-state index in [0.29, 0.717) is 18.5 Å². The van der Waals surface area contributed by atoms with Crippen LogP contribution in [0.1, 0.15) is 48.6 Å². The van der Waals surface area contributed by atoms with Gasteiger partial charge in [0.2, 0.25) is 5.91 Å². The monoisotopic (exact) mass is 371 g/mol. The topological polar surface area (TPSA) is 44.4 Å². The van der Waals surface area contributed by atoms with Gasteiger partial charge in [-0.2, -0.15) is 0 Å². The highest BCUT2D eigenvalue weighted by atomic mass is 32.1. The second kappa shape index (κ2) is 9.86. The van der Waals surface area contributed by atoms with Gasteiger partial charge in [-0.15, -0.1) is 11.3 Å². The molecule has 1 saturated heterocycles. The largest absolute Gasteiger partial charge is 0.345 e. The molecule has 0 bridgehead atoms. The zero-order chi connectivity index (χ0) is 18.2. The van der Waals surface area contributed by atoms with Gasteiger partial charge in [-0.1, -0.05) is 49.2 Å². The van der Waals surface area contributed by atoms with Gasteiger partial charge in [-0.3, -0.25) is 15.6 Å². The molecule has 3 rings (SSSR count). The summed E-state index contributed by atoms with van der Waals surface area (Å²) in [7, 11) is 1.92. The standard InChI is InChI=1S/C21H29N3OS/c1-24(21(25)16-19-12-8-14-26-19)13-7-3-6-11-18-15-20(23-22-18)17-9-4-2-5-10-17/h2,4-5,8-10,12,14,18,20,22-23H,3,6-7,11,13,15-16H2,1H3. The summed E-state index contributed by atoms with van der Waals surface area (Å²) in [6.45, 7) is 0.854. The third kappa shape index (κ3) is 5.66. The summed E-state index contributed by atoms with van der Waals surface area (Å²) in [5.41, 5.74) is 8.21. The highest BCUT2D eigenvalue weighted by molar-refractivity contribution is 7.10. The van der Waals surface area contributed by atoms with Crippen LogP contribution in [0.5, 0.6) is 0 Å². The summed E-state index contributed by atoms with van der Waals surface area (Å²) < 4.78 is 0. The molecule has 0 saturated carbocycles. The first kappa shape index (κ1) is 19.1. The lowest BCUT2D eigenvalue weighted by molar-refractivity contribution is -0.129. The van der Waals surface area contributed by atoms with Gasteiger partial charge < -0.3 is 4.90 Å². The summed E-state index contributed by atoms with van der Waals surface area (Å²) in [4.78, 5) is 15.2. The van der Waals surface area contributed by atoms with E-state index in [9.17, 15) is 4.79 Å². The number of rotatable bonds is 9. The highest BCUT2D eigenvalue weighted by Crippen LogP contribution is 2.24. The lowest BCUT2D eigenvalue weighted by atomic mass is 9.99. The first-order valence-electron chi connectivity index (χ1n) is 9.54. The SMILES string of the molecule is CN(CCCCCC1CC(c2ccccc2)NN1)C(=O)Cc1cccs1. The zero-order valence-electron chi connectivity index (χ0n) is 15.5. The minimum Gasteiger partial charge on any atom is -0.345 e. The number of hydrogen-bond acceptors (Lipinski definition) is 4. The maximum atomic E-state index is 12.2. The second-order valence-electron chi connectivity index (χ2n) is 7.11. The normalized spacial score (nSPS) is 19.6. The van der Waals surface area contributed by atoms with E-state index in [1.54, 1.807) is 11.3 Å². The van der Waals surface area contributed by atoms with Crippen LogP contribution in [-0.2, 0) is 11.2 Å². The molecular weight excluding hydrogens is 342 g/mol. The summed E-state index contributed by atoms with van der Waals surface area (Å²) >= 11 is 1.65. The van der Waals surface area contributed by atoms with Crippen molar-refractivity contribution >= 4 is 17.2 Å². The molecule has 0 aliphatic carbocycles. The van der Waals surface area contributed by atoms with Crippen molar-refractivity contribution in [2.24, 2.45) is 0 Å². The molecule has 2 N–H and O–H groups in total. The fourth-order valence-electron chi connectivity index (χ4n) is 3.45. The Morgan fingerprint density at radius 3 is 2.73 bits per heavy atom. The zero-order valence-corrected chi connectivity index (χ0v) is 16.3. The molecule has 26 heavy (non-hydrogen) atoms. The van der Waals surface area contributed by atoms with Crippen LogP contribution in [0.15, 0.2) is 47.8 Å². The number of likely N-dealkylation sites (N-methyl/N-ethyl adjacent to an activating group) is 1. The Balaban J connectivity index is 1.27. The van der Waals surface area contributed by atoms with E-state index >= 15 is 0 Å². The third-order valence-electron chi connectivity index (χ3n) is 5.06. The quantitative estimate of drug-likeness (QED) is 0.657. The molecular formula is C21H29N3OS. The van der Waals surface area contributed by atoms with Gasteiger partial charge in [0, 0.05) is 30.6 Å². The van der Waals surface area contributed by atoms with Crippen LogP contribution in [0, 0.1) is 0 Å². The number of amides is 1. The van der Waals surface area contributed by atoms with Crippen molar-refractivity contribution in [2.45, 2.75) is 50.6 Å². The number of carbonyl (C=O) groups is 1. The molecule has 5 heteroatoms. The molecule has 2 atom stereocenters. The molecule has 1 aromatic carbocycles. The Labute approximate surface area is 160 Å². The van der Waals surface area contributed by atoms with E-state index in [1.165, 1.54) is 24.8 Å². The summed E-state index contributed by atoms with van der Waals surface area (Å²) in [5, 5.41) is 2.02. The van der Waals surface area contributed by atoms with Gasteiger partial charge in [0.15, 0.2) is 0 Å². The third-order valence-corrected chi connectivity index (χ3v) is 5.94. The van der Waals surface area contributed by atoms with Crippen LogP contribution in [-0.4, -0.2) is 30.4 Å². The van der Waals surface area contributed by atoms with Crippen LogP contribution >= 0.6 is 11.3 Å². The van der Waals surface area contributed by atoms with Crippen molar-refractivity contribution in [3.8, 4) is 0 Å². The van der Waals surface area contributed by atoms with E-state index in [2.05, 4.69) is 41.2 Å². The second-order valence-corrected chi connectivity index (χ2v) is 8.14. The van der Waals surface area contributed by atoms with Crippen LogP contribution in [0.3, 0.4) is 0 Å². The molecule has 2 aromatic rings. The molecule has 1 aromatic heterocycles. The molecule has 1 aliphatic heterocycles. The Morgan fingerprint density at radius 2 is 1.96 bits per heavy atom. The number of unbranched alkanes of at least 4 members (excludes halogenated alkanes) is 2. The van der Waals surface area contributed by atoms with Crippen LogP contribution < -0.4 is 10.9 Å². The van der Waals surface area contributed by atoms with Crippen molar-refractivity contribution < 1.29 is 4.79 Å². The number of thiophene rings is 1. The number of benzene rings is 1. The summed E-state index contributed by atoms with van der Waals surface area (Å²) in [5.74, 6) is 0.222. The van der Waals surface area contributed by atoms with E-state index in [-0.39, 0.29) is 5.91 Å². The van der Waals surface area contributed by atoms with Gasteiger partial charge in [0.1, 0.15) is 0 Å². The maximum Gasteiger partial charge on any atom is 0.227 e. The molecule has 4 nitrogen and oxygen atoms in total. The van der Waals surface area contributed by atoms with Crippen molar-refractivity contribution in [2.75, 3.05) is 13.6 Å². The molecule has 1 fully saturated rings. The van der Waals surface area contributed by atoms with Crippen LogP contribution in [0.4, 0.5) is 0 Å². The molecule has 0 radical (unpaired) electrons. The number of hydrogen-bond donors (Lipinski definition) is 2. The van der Waals surface area contributed by atoms with Crippen LogP contribution in [0.25, 0.3) is 0 Å². The fraction of sp³-hybridized carbons (Fsp3) is 0.476. The van der Waals surface area contributed by atoms with Gasteiger partial charge in [-0.25, -0.2) is 0 Å². The smallest absolute Gasteiger partial charge is 0.227 e. The number of nitrogens with zero attached hydrogens (tertiary/aromatic N) is 1. The van der Waals surface area contributed by atoms with Crippen molar-refractivity contribution in [1.29, 1.82) is 0 Å². The lowest BCUT2D eigenvalue weighted by Gasteiger charge is -2.17. The van der Waals surface area contributed by atoms with Gasteiger partial charge in [0.25, 0.3) is 0 Å². The van der Waals surface area contributed by atoms with Crippen molar-refractivity contribution in [3.05, 3.63) is 58.3 Å². The first-order valence-corrected chi connectivity index (χ1v) is 10.4. The van der Waals surface area contributed by atoms with E-state index in [1.807, 2.05) is 29.5 Å². The fourth-order valence-corrected chi connectivity index (χ4v) is 4.15. The minimum atomic E-state index is 0.222. The Morgan fingerprint density at radius 1 is 1.12 bits per heavy atom. The molecule has 2 unspecified atom stereocenters. The van der Waals surface area contributed by atoms with Crippen LogP contribution in [0.2, 0.25) is 0 Å².